The topological polar surface area (TPSA) is 3.24 Å². The summed E-state index contributed by atoms with van der Waals surface area (Å²) in [4.78, 5) is 2.29. The molecule has 1 fully saturated rings. The van der Waals surface area contributed by atoms with Gasteiger partial charge in [0.15, 0.2) is 0 Å². The Kier molecular flexibility index (Phi) is 5.30. The van der Waals surface area contributed by atoms with Crippen LogP contribution in [0.25, 0.3) is 0 Å². The Morgan fingerprint density at radius 3 is 2.17 bits per heavy atom. The predicted molar refractivity (Wildman–Crippen MR) is 93.9 cm³/mol. The maximum Gasteiger partial charge on any atom is 0.129 e. The lowest BCUT2D eigenvalue weighted by Crippen LogP contribution is -2.30. The summed E-state index contributed by atoms with van der Waals surface area (Å²) in [6.45, 7) is 0. The minimum Gasteiger partial charge on any atom is -0.302 e. The molecule has 1 saturated carbocycles. The number of rotatable bonds is 4. The fourth-order valence-corrected chi connectivity index (χ4v) is 4.22. The molecule has 3 heteroatoms. The van der Waals surface area contributed by atoms with Crippen molar-refractivity contribution in [2.75, 3.05) is 14.1 Å². The summed E-state index contributed by atoms with van der Waals surface area (Å²) < 4.78 is 27.1. The molecule has 0 N–H and O–H groups in total. The quantitative estimate of drug-likeness (QED) is 0.711. The minimum absolute atomic E-state index is 0.209. The van der Waals surface area contributed by atoms with Crippen molar-refractivity contribution in [1.29, 1.82) is 0 Å². The van der Waals surface area contributed by atoms with E-state index in [2.05, 4.69) is 43.3 Å². The Morgan fingerprint density at radius 2 is 1.58 bits per heavy atom. The number of hydrogen-bond acceptors (Lipinski definition) is 1. The van der Waals surface area contributed by atoms with E-state index in [1.54, 1.807) is 6.07 Å². The standard InChI is InChI=1S/C21H25F2N/c1-24(2)21(16-6-4-3-5-7-16)17-10-8-15(9-11-17)19-13-12-18(22)14-20(19)23/h3-7,12-15,17,21H,8-11H2,1-2H3. The zero-order valence-corrected chi connectivity index (χ0v) is 14.4. The normalized spacial score (nSPS) is 22.5. The Balaban J connectivity index is 1.71. The molecule has 1 atom stereocenters. The van der Waals surface area contributed by atoms with E-state index in [9.17, 15) is 8.78 Å². The van der Waals surface area contributed by atoms with Gasteiger partial charge in [0.1, 0.15) is 11.6 Å². The van der Waals surface area contributed by atoms with Gasteiger partial charge in [-0.1, -0.05) is 36.4 Å². The molecule has 0 heterocycles. The molecule has 0 amide bonds. The number of halogens is 2. The second kappa shape index (κ2) is 7.43. The van der Waals surface area contributed by atoms with Crippen LogP contribution in [0, 0.1) is 17.6 Å². The van der Waals surface area contributed by atoms with Crippen LogP contribution < -0.4 is 0 Å². The molecule has 1 nitrogen and oxygen atoms in total. The van der Waals surface area contributed by atoms with Crippen molar-refractivity contribution in [1.82, 2.24) is 4.90 Å². The van der Waals surface area contributed by atoms with Gasteiger partial charge >= 0.3 is 0 Å². The van der Waals surface area contributed by atoms with E-state index in [4.69, 9.17) is 0 Å². The molecule has 0 radical (unpaired) electrons. The first kappa shape index (κ1) is 17.1. The average molecular weight is 329 g/mol. The van der Waals surface area contributed by atoms with E-state index in [0.717, 1.165) is 31.7 Å². The monoisotopic (exact) mass is 329 g/mol. The second-order valence-corrected chi connectivity index (χ2v) is 7.10. The van der Waals surface area contributed by atoms with Gasteiger partial charge in [0.25, 0.3) is 0 Å². The molecule has 0 saturated heterocycles. The molecular weight excluding hydrogens is 304 g/mol. The first-order chi connectivity index (χ1) is 11.6. The number of benzene rings is 2. The first-order valence-corrected chi connectivity index (χ1v) is 8.72. The Labute approximate surface area is 143 Å². The van der Waals surface area contributed by atoms with E-state index in [1.807, 2.05) is 6.07 Å². The molecule has 1 unspecified atom stereocenters. The van der Waals surface area contributed by atoms with Crippen molar-refractivity contribution in [3.63, 3.8) is 0 Å². The van der Waals surface area contributed by atoms with Gasteiger partial charge in [-0.15, -0.1) is 0 Å². The van der Waals surface area contributed by atoms with E-state index < -0.39 is 11.6 Å². The fourth-order valence-electron chi connectivity index (χ4n) is 4.22. The van der Waals surface area contributed by atoms with Crippen molar-refractivity contribution < 1.29 is 8.78 Å². The van der Waals surface area contributed by atoms with Crippen LogP contribution in [0.1, 0.15) is 48.8 Å². The Hall–Kier alpha value is -1.74. The highest BCUT2D eigenvalue weighted by Crippen LogP contribution is 2.43. The fraction of sp³-hybridized carbons (Fsp3) is 0.429. The Morgan fingerprint density at radius 1 is 0.917 bits per heavy atom. The maximum atomic E-state index is 14.0. The summed E-state index contributed by atoms with van der Waals surface area (Å²) in [5, 5.41) is 0. The van der Waals surface area contributed by atoms with Gasteiger partial charge in [-0.2, -0.15) is 0 Å². The van der Waals surface area contributed by atoms with E-state index in [1.165, 1.54) is 11.6 Å². The number of nitrogens with zero attached hydrogens (tertiary/aromatic N) is 1. The van der Waals surface area contributed by atoms with Crippen molar-refractivity contribution >= 4 is 0 Å². The molecule has 0 aliphatic heterocycles. The van der Waals surface area contributed by atoms with Crippen molar-refractivity contribution in [3.8, 4) is 0 Å². The zero-order valence-electron chi connectivity index (χ0n) is 14.4. The smallest absolute Gasteiger partial charge is 0.129 e. The van der Waals surface area contributed by atoms with E-state index in [0.29, 0.717) is 17.5 Å². The van der Waals surface area contributed by atoms with Crippen LogP contribution in [0.4, 0.5) is 8.78 Å². The molecule has 128 valence electrons. The second-order valence-electron chi connectivity index (χ2n) is 7.10. The third kappa shape index (κ3) is 3.67. The average Bonchev–Trinajstić information content (AvgIpc) is 2.57. The van der Waals surface area contributed by atoms with Crippen LogP contribution in [-0.4, -0.2) is 19.0 Å². The van der Waals surface area contributed by atoms with Crippen LogP contribution in [0.2, 0.25) is 0 Å². The SMILES string of the molecule is CN(C)C(c1ccccc1)C1CCC(c2ccc(F)cc2F)CC1. The molecular formula is C21H25F2N. The predicted octanol–water partition coefficient (Wildman–Crippen LogP) is 5.54. The highest BCUT2D eigenvalue weighted by Gasteiger charge is 2.31. The Bertz CT molecular complexity index is 661. The van der Waals surface area contributed by atoms with Crippen LogP contribution >= 0.6 is 0 Å². The molecule has 0 aromatic heterocycles. The third-order valence-corrected chi connectivity index (χ3v) is 5.32. The van der Waals surface area contributed by atoms with Gasteiger partial charge in [0.05, 0.1) is 0 Å². The molecule has 0 bridgehead atoms. The minimum atomic E-state index is -0.498. The molecule has 1 aliphatic carbocycles. The zero-order chi connectivity index (χ0) is 17.1. The largest absolute Gasteiger partial charge is 0.302 e. The van der Waals surface area contributed by atoms with Gasteiger partial charge in [-0.05, 0) is 68.8 Å². The molecule has 24 heavy (non-hydrogen) atoms. The van der Waals surface area contributed by atoms with Crippen molar-refractivity contribution in [3.05, 3.63) is 71.3 Å². The number of hydrogen-bond donors (Lipinski definition) is 0. The molecule has 2 aromatic carbocycles. The highest BCUT2D eigenvalue weighted by atomic mass is 19.1. The lowest BCUT2D eigenvalue weighted by atomic mass is 9.74. The van der Waals surface area contributed by atoms with E-state index in [-0.39, 0.29) is 5.92 Å². The summed E-state index contributed by atoms with van der Waals surface area (Å²) in [6, 6.07) is 15.0. The molecule has 3 rings (SSSR count). The van der Waals surface area contributed by atoms with Gasteiger partial charge in [0, 0.05) is 12.1 Å². The van der Waals surface area contributed by atoms with Crippen molar-refractivity contribution in [2.45, 2.75) is 37.6 Å². The molecule has 1 aliphatic rings. The van der Waals surface area contributed by atoms with Crippen LogP contribution in [0.5, 0.6) is 0 Å². The molecule has 2 aromatic rings. The van der Waals surface area contributed by atoms with E-state index >= 15 is 0 Å². The van der Waals surface area contributed by atoms with Gasteiger partial charge in [-0.25, -0.2) is 8.78 Å². The van der Waals surface area contributed by atoms with Crippen LogP contribution in [-0.2, 0) is 0 Å². The lowest BCUT2D eigenvalue weighted by Gasteiger charge is -2.37. The summed E-state index contributed by atoms with van der Waals surface area (Å²) in [5.74, 6) is -0.116. The van der Waals surface area contributed by atoms with Crippen LogP contribution in [0.15, 0.2) is 48.5 Å². The third-order valence-electron chi connectivity index (χ3n) is 5.32. The lowest BCUT2D eigenvalue weighted by molar-refractivity contribution is 0.163. The van der Waals surface area contributed by atoms with Crippen molar-refractivity contribution in [2.24, 2.45) is 5.92 Å². The summed E-state index contributed by atoms with van der Waals surface area (Å²) in [5.41, 5.74) is 2.02. The highest BCUT2D eigenvalue weighted by molar-refractivity contribution is 5.24. The maximum absolute atomic E-state index is 14.0. The summed E-state index contributed by atoms with van der Waals surface area (Å²) in [7, 11) is 4.26. The summed E-state index contributed by atoms with van der Waals surface area (Å²) in [6.07, 6.45) is 4.06. The van der Waals surface area contributed by atoms with Crippen LogP contribution in [0.3, 0.4) is 0 Å². The van der Waals surface area contributed by atoms with Gasteiger partial charge in [0.2, 0.25) is 0 Å². The van der Waals surface area contributed by atoms with Gasteiger partial charge < -0.3 is 4.90 Å². The summed E-state index contributed by atoms with van der Waals surface area (Å²) >= 11 is 0. The van der Waals surface area contributed by atoms with Gasteiger partial charge in [-0.3, -0.25) is 0 Å². The molecule has 0 spiro atoms. The first-order valence-electron chi connectivity index (χ1n) is 8.72.